The van der Waals surface area contributed by atoms with Crippen LogP contribution in [0.1, 0.15) is 41.8 Å². The zero-order valence-corrected chi connectivity index (χ0v) is 21.1. The number of esters is 1. The molecule has 186 valence electrons. The van der Waals surface area contributed by atoms with E-state index < -0.39 is 0 Å². The molecule has 0 fully saturated rings. The van der Waals surface area contributed by atoms with Gasteiger partial charge in [0.1, 0.15) is 17.3 Å². The number of fused-ring (bicyclic) bond motifs is 2. The highest BCUT2D eigenvalue weighted by Crippen LogP contribution is 2.38. The van der Waals surface area contributed by atoms with Crippen LogP contribution in [-0.4, -0.2) is 36.3 Å². The summed E-state index contributed by atoms with van der Waals surface area (Å²) in [6, 6.07) is 18.5. The molecule has 36 heavy (non-hydrogen) atoms. The summed E-state index contributed by atoms with van der Waals surface area (Å²) in [6.07, 6.45) is 1.16. The largest absolute Gasteiger partial charge is 0.497 e. The van der Waals surface area contributed by atoms with Crippen LogP contribution in [-0.2, 0) is 22.5 Å². The van der Waals surface area contributed by atoms with Crippen LogP contribution in [0.5, 0.6) is 11.5 Å². The highest BCUT2D eigenvalue weighted by Gasteiger charge is 2.27. The second-order valence-corrected chi connectivity index (χ2v) is 9.03. The first-order chi connectivity index (χ1) is 17.5. The lowest BCUT2D eigenvalue weighted by atomic mass is 9.97. The number of methoxy groups -OCH3 is 2. The minimum absolute atomic E-state index is 0.0400. The second kappa shape index (κ2) is 9.93. The first-order valence-corrected chi connectivity index (χ1v) is 12.2. The van der Waals surface area contributed by atoms with Gasteiger partial charge < -0.3 is 19.5 Å². The van der Waals surface area contributed by atoms with Gasteiger partial charge in [0.2, 0.25) is 0 Å². The van der Waals surface area contributed by atoms with Gasteiger partial charge in [-0.1, -0.05) is 25.1 Å². The average Bonchev–Trinajstić information content (AvgIpc) is 3.48. The number of aromatic nitrogens is 2. The molecule has 5 rings (SSSR count). The zero-order valence-electron chi connectivity index (χ0n) is 21.1. The molecule has 0 aliphatic carbocycles. The van der Waals surface area contributed by atoms with Crippen LogP contribution in [0.15, 0.2) is 54.6 Å². The molecule has 0 saturated heterocycles. The molecule has 2 heterocycles. The van der Waals surface area contributed by atoms with Gasteiger partial charge in [-0.15, -0.1) is 0 Å². The number of anilines is 1. The summed E-state index contributed by atoms with van der Waals surface area (Å²) >= 11 is 0. The molecule has 4 aromatic rings. The van der Waals surface area contributed by atoms with Crippen molar-refractivity contribution in [2.24, 2.45) is 0 Å². The third-order valence-corrected chi connectivity index (χ3v) is 6.92. The van der Waals surface area contributed by atoms with Crippen molar-refractivity contribution >= 4 is 22.7 Å². The molecule has 0 amide bonds. The van der Waals surface area contributed by atoms with E-state index in [0.29, 0.717) is 19.6 Å². The maximum Gasteiger partial charge on any atom is 0.306 e. The molecule has 3 aromatic carbocycles. The van der Waals surface area contributed by atoms with Crippen molar-refractivity contribution in [3.63, 3.8) is 0 Å². The summed E-state index contributed by atoms with van der Waals surface area (Å²) in [5.41, 5.74) is 7.56. The number of nitrogens with zero attached hydrogens (tertiary/aromatic N) is 2. The Morgan fingerprint density at radius 1 is 1.17 bits per heavy atom. The van der Waals surface area contributed by atoms with E-state index in [1.54, 1.807) is 7.11 Å². The van der Waals surface area contributed by atoms with Gasteiger partial charge in [0, 0.05) is 42.3 Å². The number of rotatable bonds is 8. The number of hydrogen-bond donors (Lipinski definition) is 1. The Hall–Kier alpha value is -4.00. The number of hydrogen-bond acceptors (Lipinski definition) is 6. The maximum atomic E-state index is 11.7. The van der Waals surface area contributed by atoms with Crippen LogP contribution < -0.4 is 14.8 Å². The monoisotopic (exact) mass is 485 g/mol. The topological polar surface area (TPSA) is 74.6 Å². The third kappa shape index (κ3) is 4.37. The SMILES string of the molecule is CCc1nc2cc(OC)ccc2n1-c1cccc(CNc2ccc3c(c2)OC[C@H]3CC(=O)OC)c1C. The lowest BCUT2D eigenvalue weighted by Gasteiger charge is -2.16. The molecule has 0 unspecified atom stereocenters. The van der Waals surface area contributed by atoms with Crippen LogP contribution in [0.3, 0.4) is 0 Å². The van der Waals surface area contributed by atoms with Gasteiger partial charge in [-0.2, -0.15) is 0 Å². The average molecular weight is 486 g/mol. The molecular weight excluding hydrogens is 454 g/mol. The number of carbonyl (C=O) groups excluding carboxylic acids is 1. The summed E-state index contributed by atoms with van der Waals surface area (Å²) in [5, 5.41) is 3.54. The zero-order chi connectivity index (χ0) is 25.2. The predicted octanol–water partition coefficient (Wildman–Crippen LogP) is 5.56. The molecule has 1 aromatic heterocycles. The van der Waals surface area contributed by atoms with Crippen LogP contribution in [0.2, 0.25) is 0 Å². The number of aryl methyl sites for hydroxylation is 1. The summed E-state index contributed by atoms with van der Waals surface area (Å²) in [5.74, 6) is 2.47. The van der Waals surface area contributed by atoms with Gasteiger partial charge in [0.15, 0.2) is 0 Å². The Morgan fingerprint density at radius 3 is 2.81 bits per heavy atom. The Morgan fingerprint density at radius 2 is 2.03 bits per heavy atom. The Bertz CT molecular complexity index is 1430. The lowest BCUT2D eigenvalue weighted by Crippen LogP contribution is -2.09. The molecule has 1 aliphatic heterocycles. The van der Waals surface area contributed by atoms with Crippen molar-refractivity contribution in [2.45, 2.75) is 39.2 Å². The van der Waals surface area contributed by atoms with Crippen molar-refractivity contribution in [2.75, 3.05) is 26.1 Å². The first-order valence-electron chi connectivity index (χ1n) is 12.2. The number of nitrogens with one attached hydrogen (secondary N) is 1. The molecule has 0 radical (unpaired) electrons. The third-order valence-electron chi connectivity index (χ3n) is 6.92. The molecule has 0 bridgehead atoms. The highest BCUT2D eigenvalue weighted by atomic mass is 16.5. The standard InChI is InChI=1S/C29H31N3O4/c1-5-28-31-24-15-22(34-3)10-12-26(24)32(28)25-8-6-7-19(18(25)2)16-30-21-9-11-23-20(13-29(33)35-4)17-36-27(23)14-21/h6-12,14-15,20,30H,5,13,16-17H2,1-4H3/t20-/m1/s1. The highest BCUT2D eigenvalue weighted by molar-refractivity contribution is 5.80. The number of ether oxygens (including phenoxy) is 3. The predicted molar refractivity (Wildman–Crippen MR) is 140 cm³/mol. The fourth-order valence-electron chi connectivity index (χ4n) is 4.88. The van der Waals surface area contributed by atoms with E-state index in [2.05, 4.69) is 48.0 Å². The van der Waals surface area contributed by atoms with Gasteiger partial charge in [0.25, 0.3) is 0 Å². The van der Waals surface area contributed by atoms with Crippen molar-refractivity contribution in [3.8, 4) is 17.2 Å². The molecule has 0 spiro atoms. The van der Waals surface area contributed by atoms with Gasteiger partial charge >= 0.3 is 5.97 Å². The molecule has 7 nitrogen and oxygen atoms in total. The second-order valence-electron chi connectivity index (χ2n) is 9.03. The lowest BCUT2D eigenvalue weighted by molar-refractivity contribution is -0.141. The van der Waals surface area contributed by atoms with E-state index in [1.807, 2.05) is 30.3 Å². The fraction of sp³-hybridized carbons (Fsp3) is 0.310. The van der Waals surface area contributed by atoms with E-state index >= 15 is 0 Å². The molecule has 7 heteroatoms. The van der Waals surface area contributed by atoms with Gasteiger partial charge in [0.05, 0.1) is 44.0 Å². The van der Waals surface area contributed by atoms with E-state index in [-0.39, 0.29) is 11.9 Å². The van der Waals surface area contributed by atoms with Crippen molar-refractivity contribution in [1.29, 1.82) is 0 Å². The van der Waals surface area contributed by atoms with E-state index in [4.69, 9.17) is 19.2 Å². The molecule has 1 atom stereocenters. The summed E-state index contributed by atoms with van der Waals surface area (Å²) < 4.78 is 18.3. The Labute approximate surface area is 211 Å². The molecule has 1 aliphatic rings. The minimum Gasteiger partial charge on any atom is -0.497 e. The van der Waals surface area contributed by atoms with Gasteiger partial charge in [-0.05, 0) is 42.3 Å². The van der Waals surface area contributed by atoms with Crippen LogP contribution >= 0.6 is 0 Å². The minimum atomic E-state index is -0.218. The van der Waals surface area contributed by atoms with Crippen LogP contribution in [0.4, 0.5) is 5.69 Å². The summed E-state index contributed by atoms with van der Waals surface area (Å²) in [7, 11) is 3.09. The fourth-order valence-corrected chi connectivity index (χ4v) is 4.88. The molecule has 1 N–H and O–H groups in total. The van der Waals surface area contributed by atoms with Gasteiger partial charge in [-0.25, -0.2) is 4.98 Å². The molecule has 0 saturated carbocycles. The number of imidazole rings is 1. The van der Waals surface area contributed by atoms with Gasteiger partial charge in [-0.3, -0.25) is 9.36 Å². The van der Waals surface area contributed by atoms with E-state index in [0.717, 1.165) is 51.7 Å². The maximum absolute atomic E-state index is 11.7. The number of carbonyl (C=O) groups is 1. The quantitative estimate of drug-likeness (QED) is 0.330. The van der Waals surface area contributed by atoms with Crippen molar-refractivity contribution < 1.29 is 19.0 Å². The normalized spacial score (nSPS) is 14.4. The smallest absolute Gasteiger partial charge is 0.306 e. The Kier molecular flexibility index (Phi) is 6.55. The van der Waals surface area contributed by atoms with Crippen LogP contribution in [0, 0.1) is 6.92 Å². The molecular formula is C29H31N3O4. The van der Waals surface area contributed by atoms with E-state index in [9.17, 15) is 4.79 Å². The first kappa shape index (κ1) is 23.7. The van der Waals surface area contributed by atoms with Crippen molar-refractivity contribution in [3.05, 3.63) is 77.1 Å². The Balaban J connectivity index is 1.39. The van der Waals surface area contributed by atoms with Crippen LogP contribution in [0.25, 0.3) is 16.7 Å². The summed E-state index contributed by atoms with van der Waals surface area (Å²) in [4.78, 5) is 16.6. The summed E-state index contributed by atoms with van der Waals surface area (Å²) in [6.45, 7) is 5.46. The van der Waals surface area contributed by atoms with Crippen molar-refractivity contribution in [1.82, 2.24) is 9.55 Å². The van der Waals surface area contributed by atoms with E-state index in [1.165, 1.54) is 18.2 Å². The number of benzene rings is 3.